The lowest BCUT2D eigenvalue weighted by molar-refractivity contribution is -0.139. The van der Waals surface area contributed by atoms with E-state index in [4.69, 9.17) is 5.26 Å². The van der Waals surface area contributed by atoms with Gasteiger partial charge >= 0.3 is 12.1 Å². The number of ether oxygens (including phenoxy) is 1. The molecule has 0 radical (unpaired) electrons. The van der Waals surface area contributed by atoms with Crippen LogP contribution in [-0.4, -0.2) is 29.0 Å². The second-order valence-electron chi connectivity index (χ2n) is 4.71. The number of aromatic nitrogens is 2. The highest BCUT2D eigenvalue weighted by Crippen LogP contribution is 2.31. The van der Waals surface area contributed by atoms with Crippen molar-refractivity contribution in [3.05, 3.63) is 18.0 Å². The molecular weight excluding hydrogens is 275 g/mol. The fourth-order valence-corrected chi connectivity index (χ4v) is 1.62. The molecule has 0 N–H and O–H groups in total. The van der Waals surface area contributed by atoms with Crippen LogP contribution in [0.4, 0.5) is 13.2 Å². The first kappa shape index (κ1) is 16.0. The Bertz CT molecular complexity index is 519. The van der Waals surface area contributed by atoms with E-state index in [1.54, 1.807) is 0 Å². The molecule has 1 heterocycles. The Morgan fingerprint density at radius 2 is 2.15 bits per heavy atom. The molecule has 1 atom stereocenters. The molecule has 0 aliphatic carbocycles. The van der Waals surface area contributed by atoms with Crippen LogP contribution in [0.2, 0.25) is 0 Å². The average Bonchev–Trinajstić information content (AvgIpc) is 2.83. The van der Waals surface area contributed by atoms with Gasteiger partial charge in [0.05, 0.1) is 36.9 Å². The molecule has 5 nitrogen and oxygen atoms in total. The van der Waals surface area contributed by atoms with Crippen molar-refractivity contribution in [3.8, 4) is 6.07 Å². The van der Waals surface area contributed by atoms with E-state index < -0.39 is 24.0 Å². The van der Waals surface area contributed by atoms with Crippen LogP contribution < -0.4 is 0 Å². The summed E-state index contributed by atoms with van der Waals surface area (Å²) in [5, 5.41) is 12.9. The van der Waals surface area contributed by atoms with Gasteiger partial charge in [0, 0.05) is 12.6 Å². The number of methoxy groups -OCH3 is 1. The Labute approximate surface area is 113 Å². The Kier molecular flexibility index (Phi) is 4.76. The largest absolute Gasteiger partial charge is 0.465 e. The minimum atomic E-state index is -4.31. The van der Waals surface area contributed by atoms with Crippen molar-refractivity contribution in [1.29, 1.82) is 5.26 Å². The zero-order valence-electron chi connectivity index (χ0n) is 11.1. The number of esters is 1. The maximum Gasteiger partial charge on any atom is 0.389 e. The van der Waals surface area contributed by atoms with Crippen LogP contribution in [-0.2, 0) is 11.3 Å². The molecule has 0 spiro atoms. The lowest BCUT2D eigenvalue weighted by Crippen LogP contribution is -2.24. The quantitative estimate of drug-likeness (QED) is 0.781. The van der Waals surface area contributed by atoms with E-state index in [9.17, 15) is 18.0 Å². The van der Waals surface area contributed by atoms with Crippen molar-refractivity contribution in [2.45, 2.75) is 32.5 Å². The number of alkyl halides is 3. The molecule has 0 amide bonds. The van der Waals surface area contributed by atoms with Crippen molar-refractivity contribution < 1.29 is 22.7 Å². The average molecular weight is 289 g/mol. The molecule has 0 fully saturated rings. The standard InChI is InChI=1S/C12H14F3N3O2/c1-11(7-16,3-4-12(13,14)15)8-18-6-9(5-17-18)10(19)20-2/h5-6H,3-4,8H2,1-2H3. The topological polar surface area (TPSA) is 67.9 Å². The zero-order valence-corrected chi connectivity index (χ0v) is 11.1. The van der Waals surface area contributed by atoms with E-state index in [-0.39, 0.29) is 18.5 Å². The molecule has 20 heavy (non-hydrogen) atoms. The number of nitrogens with zero attached hydrogens (tertiary/aromatic N) is 3. The van der Waals surface area contributed by atoms with Crippen molar-refractivity contribution in [2.24, 2.45) is 5.41 Å². The highest BCUT2D eigenvalue weighted by atomic mass is 19.4. The van der Waals surface area contributed by atoms with Crippen LogP contribution in [0.25, 0.3) is 0 Å². The highest BCUT2D eigenvalue weighted by molar-refractivity contribution is 5.88. The third kappa shape index (κ3) is 4.57. The summed E-state index contributed by atoms with van der Waals surface area (Å²) in [6, 6.07) is 1.87. The summed E-state index contributed by atoms with van der Waals surface area (Å²) in [6.45, 7) is 1.40. The normalized spacial score (nSPS) is 14.4. The minimum absolute atomic E-state index is 0.0312. The van der Waals surface area contributed by atoms with Crippen LogP contribution in [0.5, 0.6) is 0 Å². The highest BCUT2D eigenvalue weighted by Gasteiger charge is 2.34. The van der Waals surface area contributed by atoms with E-state index in [1.807, 2.05) is 6.07 Å². The summed E-state index contributed by atoms with van der Waals surface area (Å²) in [5.41, 5.74) is -1.03. The Morgan fingerprint density at radius 3 is 2.65 bits per heavy atom. The minimum Gasteiger partial charge on any atom is -0.465 e. The predicted octanol–water partition coefficient (Wildman–Crippen LogP) is 2.54. The molecule has 0 aliphatic heterocycles. The van der Waals surface area contributed by atoms with Crippen LogP contribution in [0.1, 0.15) is 30.1 Å². The Morgan fingerprint density at radius 1 is 1.50 bits per heavy atom. The van der Waals surface area contributed by atoms with Gasteiger partial charge in [-0.25, -0.2) is 4.79 Å². The van der Waals surface area contributed by atoms with Crippen molar-refractivity contribution in [2.75, 3.05) is 7.11 Å². The first-order valence-electron chi connectivity index (χ1n) is 5.78. The van der Waals surface area contributed by atoms with E-state index in [0.717, 1.165) is 0 Å². The number of halogens is 3. The number of carbonyl (C=O) groups excluding carboxylic acids is 1. The first-order chi connectivity index (χ1) is 9.19. The van der Waals surface area contributed by atoms with Crippen LogP contribution in [0.3, 0.4) is 0 Å². The third-order valence-electron chi connectivity index (χ3n) is 2.80. The van der Waals surface area contributed by atoms with Crippen molar-refractivity contribution in [3.63, 3.8) is 0 Å². The van der Waals surface area contributed by atoms with Gasteiger partial charge in [0.25, 0.3) is 0 Å². The number of rotatable bonds is 5. The van der Waals surface area contributed by atoms with Crippen LogP contribution in [0.15, 0.2) is 12.4 Å². The number of carbonyl (C=O) groups is 1. The van der Waals surface area contributed by atoms with E-state index >= 15 is 0 Å². The Hall–Kier alpha value is -2.04. The van der Waals surface area contributed by atoms with Crippen LogP contribution in [0, 0.1) is 16.7 Å². The van der Waals surface area contributed by atoms with Gasteiger partial charge in [-0.1, -0.05) is 0 Å². The molecule has 1 aromatic rings. The van der Waals surface area contributed by atoms with Gasteiger partial charge < -0.3 is 4.74 Å². The lowest BCUT2D eigenvalue weighted by Gasteiger charge is -2.22. The SMILES string of the molecule is COC(=O)c1cnn(CC(C)(C#N)CCC(F)(F)F)c1. The monoisotopic (exact) mass is 289 g/mol. The summed E-state index contributed by atoms with van der Waals surface area (Å²) in [7, 11) is 1.21. The second-order valence-corrected chi connectivity index (χ2v) is 4.71. The number of hydrogen-bond donors (Lipinski definition) is 0. The van der Waals surface area contributed by atoms with Gasteiger partial charge in [-0.15, -0.1) is 0 Å². The summed E-state index contributed by atoms with van der Waals surface area (Å²) in [5.74, 6) is -0.592. The van der Waals surface area contributed by atoms with Gasteiger partial charge in [-0.05, 0) is 13.3 Å². The number of nitriles is 1. The molecule has 110 valence electrons. The molecule has 0 saturated heterocycles. The first-order valence-corrected chi connectivity index (χ1v) is 5.78. The van der Waals surface area contributed by atoms with Gasteiger partial charge in [0.2, 0.25) is 0 Å². The fraction of sp³-hybridized carbons (Fsp3) is 0.583. The predicted molar refractivity (Wildman–Crippen MR) is 62.6 cm³/mol. The molecule has 1 unspecified atom stereocenters. The summed E-state index contributed by atoms with van der Waals surface area (Å²) in [6.07, 6.45) is -3.09. The molecule has 0 aromatic carbocycles. The third-order valence-corrected chi connectivity index (χ3v) is 2.80. The smallest absolute Gasteiger partial charge is 0.389 e. The summed E-state index contributed by atoms with van der Waals surface area (Å²) in [4.78, 5) is 11.2. The molecule has 0 aliphatic rings. The maximum atomic E-state index is 12.2. The van der Waals surface area contributed by atoms with Gasteiger partial charge in [0.15, 0.2) is 0 Å². The van der Waals surface area contributed by atoms with E-state index in [2.05, 4.69) is 9.84 Å². The molecule has 0 bridgehead atoms. The summed E-state index contributed by atoms with van der Waals surface area (Å²) < 4.78 is 42.4. The fourth-order valence-electron chi connectivity index (χ4n) is 1.62. The zero-order chi connectivity index (χ0) is 15.4. The lowest BCUT2D eigenvalue weighted by atomic mass is 9.87. The van der Waals surface area contributed by atoms with Gasteiger partial charge in [-0.3, -0.25) is 4.68 Å². The molecular formula is C12H14F3N3O2. The van der Waals surface area contributed by atoms with Crippen molar-refractivity contribution in [1.82, 2.24) is 9.78 Å². The van der Waals surface area contributed by atoms with E-state index in [0.29, 0.717) is 0 Å². The van der Waals surface area contributed by atoms with Crippen molar-refractivity contribution >= 4 is 5.97 Å². The number of hydrogen-bond acceptors (Lipinski definition) is 4. The second kappa shape index (κ2) is 5.94. The Balaban J connectivity index is 2.75. The molecule has 0 saturated carbocycles. The molecule has 1 aromatic heterocycles. The summed E-state index contributed by atoms with van der Waals surface area (Å²) >= 11 is 0. The molecule has 1 rings (SSSR count). The van der Waals surface area contributed by atoms with Gasteiger partial charge in [0.1, 0.15) is 0 Å². The van der Waals surface area contributed by atoms with Crippen LogP contribution >= 0.6 is 0 Å². The van der Waals surface area contributed by atoms with E-state index in [1.165, 1.54) is 31.1 Å². The van der Waals surface area contributed by atoms with Gasteiger partial charge in [-0.2, -0.15) is 23.5 Å². The maximum absolute atomic E-state index is 12.2. The molecule has 8 heteroatoms.